The molecule has 0 spiro atoms. The molecule has 19 heavy (non-hydrogen) atoms. The van der Waals surface area contributed by atoms with Crippen LogP contribution in [0.3, 0.4) is 0 Å². The van der Waals surface area contributed by atoms with Gasteiger partial charge in [-0.1, -0.05) is 13.8 Å². The Hall–Kier alpha value is -1.62. The number of hydrogen-bond acceptors (Lipinski definition) is 4. The van der Waals surface area contributed by atoms with Crippen LogP contribution in [0, 0.1) is 5.92 Å². The number of nitrogens with two attached hydrogens (primary N) is 1. The predicted molar refractivity (Wildman–Crippen MR) is 80.4 cm³/mol. The average Bonchev–Trinajstić information content (AvgIpc) is 2.74. The topological polar surface area (TPSA) is 59.2 Å². The molecule has 0 saturated heterocycles. The number of anilines is 1. The van der Waals surface area contributed by atoms with Crippen LogP contribution < -0.4 is 5.73 Å². The second-order valence-electron chi connectivity index (χ2n) is 5.10. The SMILES string of the molecule is CC(C)C(C)N(C)C(=O)c1sc2ncccc2c1N. The van der Waals surface area contributed by atoms with Crippen LogP contribution in [0.4, 0.5) is 5.69 Å². The standard InChI is InChI=1S/C14H19N3OS/c1-8(2)9(3)17(4)14(18)12-11(15)10-6-5-7-16-13(10)19-12/h5-9H,15H2,1-4H3. The summed E-state index contributed by atoms with van der Waals surface area (Å²) in [5, 5.41) is 0.862. The summed E-state index contributed by atoms with van der Waals surface area (Å²) in [5.74, 6) is 0.379. The molecule has 2 aromatic heterocycles. The average molecular weight is 277 g/mol. The minimum absolute atomic E-state index is 0.0262. The molecule has 5 heteroatoms. The Morgan fingerprint density at radius 1 is 1.42 bits per heavy atom. The molecule has 2 rings (SSSR count). The van der Waals surface area contributed by atoms with Crippen molar-refractivity contribution >= 4 is 33.1 Å². The number of hydrogen-bond donors (Lipinski definition) is 1. The molecule has 0 aliphatic heterocycles. The first-order valence-corrected chi connectivity index (χ1v) is 7.15. The lowest BCUT2D eigenvalue weighted by molar-refractivity contribution is 0.0713. The maximum absolute atomic E-state index is 12.5. The van der Waals surface area contributed by atoms with Crippen molar-refractivity contribution in [3.63, 3.8) is 0 Å². The number of thiophene rings is 1. The Morgan fingerprint density at radius 3 is 2.68 bits per heavy atom. The molecular formula is C14H19N3OS. The van der Waals surface area contributed by atoms with E-state index in [0.29, 0.717) is 16.5 Å². The van der Waals surface area contributed by atoms with Crippen molar-refractivity contribution in [1.29, 1.82) is 0 Å². The second-order valence-corrected chi connectivity index (χ2v) is 6.10. The lowest BCUT2D eigenvalue weighted by atomic mass is 10.1. The van der Waals surface area contributed by atoms with Crippen molar-refractivity contribution in [3.8, 4) is 0 Å². The highest BCUT2D eigenvalue weighted by Gasteiger charge is 2.24. The fourth-order valence-electron chi connectivity index (χ4n) is 1.90. The van der Waals surface area contributed by atoms with Crippen LogP contribution in [0.1, 0.15) is 30.4 Å². The van der Waals surface area contributed by atoms with E-state index in [1.807, 2.05) is 26.1 Å². The van der Waals surface area contributed by atoms with Gasteiger partial charge in [-0.15, -0.1) is 11.3 Å². The third-order valence-electron chi connectivity index (χ3n) is 3.59. The monoisotopic (exact) mass is 277 g/mol. The molecule has 0 aromatic carbocycles. The summed E-state index contributed by atoms with van der Waals surface area (Å²) in [5.41, 5.74) is 6.62. The van der Waals surface area contributed by atoms with E-state index >= 15 is 0 Å². The van der Waals surface area contributed by atoms with Crippen LogP contribution in [-0.4, -0.2) is 28.9 Å². The number of nitrogen functional groups attached to an aromatic ring is 1. The largest absolute Gasteiger partial charge is 0.397 e. The number of nitrogens with zero attached hydrogens (tertiary/aromatic N) is 2. The number of carbonyl (C=O) groups excluding carboxylic acids is 1. The molecule has 102 valence electrons. The Kier molecular flexibility index (Phi) is 3.75. The zero-order valence-corrected chi connectivity index (χ0v) is 12.5. The lowest BCUT2D eigenvalue weighted by Gasteiger charge is -2.27. The molecule has 0 aliphatic rings. The van der Waals surface area contributed by atoms with E-state index in [4.69, 9.17) is 5.73 Å². The van der Waals surface area contributed by atoms with Gasteiger partial charge in [0.25, 0.3) is 5.91 Å². The van der Waals surface area contributed by atoms with E-state index in [1.165, 1.54) is 11.3 Å². The highest BCUT2D eigenvalue weighted by molar-refractivity contribution is 7.21. The molecule has 1 atom stereocenters. The molecule has 2 aromatic rings. The van der Waals surface area contributed by atoms with Crippen molar-refractivity contribution in [2.24, 2.45) is 5.92 Å². The number of fused-ring (bicyclic) bond motifs is 1. The van der Waals surface area contributed by atoms with Crippen LogP contribution in [0.15, 0.2) is 18.3 Å². The fourth-order valence-corrected chi connectivity index (χ4v) is 2.95. The maximum Gasteiger partial charge on any atom is 0.266 e. The minimum Gasteiger partial charge on any atom is -0.397 e. The lowest BCUT2D eigenvalue weighted by Crippen LogP contribution is -2.38. The summed E-state index contributed by atoms with van der Waals surface area (Å²) in [6.07, 6.45) is 1.72. The van der Waals surface area contributed by atoms with Crippen LogP contribution in [0.2, 0.25) is 0 Å². The summed E-state index contributed by atoms with van der Waals surface area (Å²) in [6, 6.07) is 3.90. The van der Waals surface area contributed by atoms with Crippen LogP contribution in [-0.2, 0) is 0 Å². The quantitative estimate of drug-likeness (QED) is 0.938. The van der Waals surface area contributed by atoms with Gasteiger partial charge in [0, 0.05) is 24.7 Å². The van der Waals surface area contributed by atoms with Crippen molar-refractivity contribution in [3.05, 3.63) is 23.2 Å². The van der Waals surface area contributed by atoms with E-state index < -0.39 is 0 Å². The highest BCUT2D eigenvalue weighted by atomic mass is 32.1. The molecule has 1 unspecified atom stereocenters. The maximum atomic E-state index is 12.5. The molecule has 1 amide bonds. The van der Waals surface area contributed by atoms with Crippen molar-refractivity contribution < 1.29 is 4.79 Å². The number of rotatable bonds is 3. The Morgan fingerprint density at radius 2 is 2.11 bits per heavy atom. The molecule has 0 saturated carbocycles. The third-order valence-corrected chi connectivity index (χ3v) is 4.71. The van der Waals surface area contributed by atoms with Gasteiger partial charge >= 0.3 is 0 Å². The van der Waals surface area contributed by atoms with Crippen LogP contribution in [0.25, 0.3) is 10.2 Å². The minimum atomic E-state index is -0.0262. The van der Waals surface area contributed by atoms with Crippen LogP contribution in [0.5, 0.6) is 0 Å². The molecule has 0 bridgehead atoms. The third kappa shape index (κ3) is 2.42. The zero-order chi connectivity index (χ0) is 14.2. The number of aromatic nitrogens is 1. The smallest absolute Gasteiger partial charge is 0.266 e. The zero-order valence-electron chi connectivity index (χ0n) is 11.7. The van der Waals surface area contributed by atoms with Crippen LogP contribution >= 0.6 is 11.3 Å². The van der Waals surface area contributed by atoms with E-state index in [0.717, 1.165) is 10.2 Å². The fraction of sp³-hybridized carbons (Fsp3) is 0.429. The first kappa shape index (κ1) is 13.8. The van der Waals surface area contributed by atoms with Crippen molar-refractivity contribution in [2.45, 2.75) is 26.8 Å². The molecule has 0 radical (unpaired) electrons. The van der Waals surface area contributed by atoms with Gasteiger partial charge < -0.3 is 10.6 Å². The predicted octanol–water partition coefficient (Wildman–Crippen LogP) is 3.00. The summed E-state index contributed by atoms with van der Waals surface area (Å²) in [6.45, 7) is 6.25. The molecular weight excluding hydrogens is 258 g/mol. The normalized spacial score (nSPS) is 12.9. The summed E-state index contributed by atoms with van der Waals surface area (Å²) in [7, 11) is 1.82. The van der Waals surface area contributed by atoms with Crippen molar-refractivity contribution in [2.75, 3.05) is 12.8 Å². The van der Waals surface area contributed by atoms with Gasteiger partial charge in [0.15, 0.2) is 0 Å². The van der Waals surface area contributed by atoms with E-state index in [-0.39, 0.29) is 11.9 Å². The van der Waals surface area contributed by atoms with Gasteiger partial charge in [0.05, 0.1) is 5.69 Å². The van der Waals surface area contributed by atoms with Gasteiger partial charge in [-0.2, -0.15) is 0 Å². The van der Waals surface area contributed by atoms with Gasteiger partial charge in [-0.25, -0.2) is 4.98 Å². The van der Waals surface area contributed by atoms with E-state index in [1.54, 1.807) is 11.1 Å². The van der Waals surface area contributed by atoms with Gasteiger partial charge in [-0.05, 0) is 25.0 Å². The Bertz CT molecular complexity index is 606. The summed E-state index contributed by atoms with van der Waals surface area (Å²) in [4.78, 5) is 19.9. The highest BCUT2D eigenvalue weighted by Crippen LogP contribution is 2.33. The molecule has 0 aliphatic carbocycles. The summed E-state index contributed by atoms with van der Waals surface area (Å²) < 4.78 is 0. The van der Waals surface area contributed by atoms with Gasteiger partial charge in [-0.3, -0.25) is 4.79 Å². The molecule has 2 N–H and O–H groups in total. The molecule has 2 heterocycles. The molecule has 0 fully saturated rings. The number of pyridine rings is 1. The first-order chi connectivity index (χ1) is 8.93. The Balaban J connectivity index is 2.39. The molecule has 4 nitrogen and oxygen atoms in total. The Labute approximate surface area is 117 Å². The number of amides is 1. The van der Waals surface area contributed by atoms with E-state index in [2.05, 4.69) is 18.8 Å². The second kappa shape index (κ2) is 5.17. The van der Waals surface area contributed by atoms with E-state index in [9.17, 15) is 4.79 Å². The van der Waals surface area contributed by atoms with Crippen molar-refractivity contribution in [1.82, 2.24) is 9.88 Å². The van der Waals surface area contributed by atoms with Gasteiger partial charge in [0.1, 0.15) is 9.71 Å². The first-order valence-electron chi connectivity index (χ1n) is 6.33. The summed E-state index contributed by atoms with van der Waals surface area (Å²) >= 11 is 1.36. The number of carbonyl (C=O) groups is 1. The van der Waals surface area contributed by atoms with Gasteiger partial charge in [0.2, 0.25) is 0 Å².